The van der Waals surface area contributed by atoms with Crippen LogP contribution >= 0.6 is 0 Å². The van der Waals surface area contributed by atoms with E-state index in [4.69, 9.17) is 0 Å². The molecule has 0 radical (unpaired) electrons. The second kappa shape index (κ2) is 10.2. The predicted molar refractivity (Wildman–Crippen MR) is 93.9 cm³/mol. The summed E-state index contributed by atoms with van der Waals surface area (Å²) in [7, 11) is 0. The van der Waals surface area contributed by atoms with E-state index in [1.807, 2.05) is 31.2 Å². The Bertz CT molecular complexity index is 892. The van der Waals surface area contributed by atoms with Gasteiger partial charge in [0.05, 0.1) is 11.5 Å². The van der Waals surface area contributed by atoms with Crippen molar-refractivity contribution in [2.45, 2.75) is 13.8 Å². The molecule has 0 aliphatic heterocycles. The molecule has 0 atom stereocenters. The maximum absolute atomic E-state index is 12.7. The van der Waals surface area contributed by atoms with Gasteiger partial charge in [-0.25, -0.2) is 0 Å². The quantitative estimate of drug-likeness (QED) is 0.353. The van der Waals surface area contributed by atoms with Gasteiger partial charge < -0.3 is 10.1 Å². The Labute approximate surface area is 196 Å². The number of hydrazone groups is 1. The number of carbonyl (C=O) groups excluding carboxylic acids is 2. The number of hydrogen-bond acceptors (Lipinski definition) is 4. The van der Waals surface area contributed by atoms with Gasteiger partial charge in [0, 0.05) is 12.6 Å². The Hall–Kier alpha value is -1.21. The van der Waals surface area contributed by atoms with Crippen molar-refractivity contribution in [3.05, 3.63) is 65.2 Å². The molecule has 120 valence electrons. The van der Waals surface area contributed by atoms with Crippen molar-refractivity contribution in [1.82, 2.24) is 0 Å². The standard InChI is InChI=1S/C19H15N3O2.2Na/c1-12-6-3-4-8-15(12)21-22-17-11-10-14-7-5-9-16(20-13(2)23)18(14)19(17)24;;/h3-4,6-10,21H,1-2H3,(H,20,23);;/q-2;2*+1. The van der Waals surface area contributed by atoms with E-state index in [2.05, 4.69) is 28.0 Å². The van der Waals surface area contributed by atoms with E-state index in [1.54, 1.807) is 18.2 Å². The molecule has 0 saturated heterocycles. The van der Waals surface area contributed by atoms with E-state index < -0.39 is 0 Å². The molecule has 3 rings (SSSR count). The van der Waals surface area contributed by atoms with Crippen molar-refractivity contribution in [3.8, 4) is 0 Å². The number of amides is 1. The average Bonchev–Trinajstić information content (AvgIpc) is 2.55. The minimum Gasteiger partial charge on any atom is -0.380 e. The molecule has 0 unspecified atom stereocenters. The van der Waals surface area contributed by atoms with Crippen LogP contribution < -0.4 is 69.9 Å². The third kappa shape index (κ3) is 5.16. The first kappa shape index (κ1) is 22.8. The zero-order valence-electron chi connectivity index (χ0n) is 15.3. The molecular weight excluding hydrogens is 348 g/mol. The van der Waals surface area contributed by atoms with Crippen molar-refractivity contribution in [2.75, 3.05) is 10.7 Å². The molecule has 26 heavy (non-hydrogen) atoms. The number of para-hydroxylation sites is 1. The molecule has 0 spiro atoms. The van der Waals surface area contributed by atoms with E-state index in [0.29, 0.717) is 16.8 Å². The number of aryl methyl sites for hydroxylation is 1. The number of benzene rings is 2. The summed E-state index contributed by atoms with van der Waals surface area (Å²) >= 11 is 0. The number of Topliss-reactive ketones (excluding diaryl/α,β-unsaturated/α-hetero) is 1. The fraction of sp³-hybridized carbons (Fsp3) is 0.105. The molecule has 5 nitrogen and oxygen atoms in total. The van der Waals surface area contributed by atoms with Gasteiger partial charge in [-0.15, -0.1) is 11.1 Å². The second-order valence-electron chi connectivity index (χ2n) is 5.39. The number of nitrogens with zero attached hydrogens (tertiary/aromatic N) is 1. The molecule has 0 bridgehead atoms. The van der Waals surface area contributed by atoms with Crippen LogP contribution in [-0.4, -0.2) is 17.4 Å². The smallest absolute Gasteiger partial charge is 0.380 e. The van der Waals surface area contributed by atoms with Gasteiger partial charge in [0.15, 0.2) is 0 Å². The molecule has 2 N–H and O–H groups in total. The fourth-order valence-corrected chi connectivity index (χ4v) is 2.40. The van der Waals surface area contributed by atoms with Crippen molar-refractivity contribution >= 4 is 34.9 Å². The minimum atomic E-state index is -0.300. The van der Waals surface area contributed by atoms with Crippen LogP contribution in [0.1, 0.15) is 28.4 Å². The Balaban J connectivity index is 0.00000169. The largest absolute Gasteiger partial charge is 1.00 e. The van der Waals surface area contributed by atoms with Crippen LogP contribution in [0.15, 0.2) is 41.5 Å². The van der Waals surface area contributed by atoms with E-state index in [0.717, 1.165) is 11.3 Å². The van der Waals surface area contributed by atoms with Gasteiger partial charge in [-0.1, -0.05) is 23.9 Å². The van der Waals surface area contributed by atoms with Crippen molar-refractivity contribution in [2.24, 2.45) is 5.10 Å². The third-order valence-electron chi connectivity index (χ3n) is 3.57. The summed E-state index contributed by atoms with van der Waals surface area (Å²) < 4.78 is 0. The molecule has 1 aliphatic rings. The number of rotatable bonds is 3. The second-order valence-corrected chi connectivity index (χ2v) is 5.39. The number of ketones is 1. The molecule has 2 aromatic rings. The van der Waals surface area contributed by atoms with E-state index in [9.17, 15) is 9.59 Å². The van der Waals surface area contributed by atoms with Crippen LogP contribution in [0.5, 0.6) is 0 Å². The average molecular weight is 363 g/mol. The summed E-state index contributed by atoms with van der Waals surface area (Å²) in [6.07, 6.45) is 4.54. The normalized spacial score (nSPS) is 13.3. The number of carbonyl (C=O) groups is 2. The van der Waals surface area contributed by atoms with Crippen LogP contribution in [0.3, 0.4) is 0 Å². The zero-order chi connectivity index (χ0) is 17.1. The van der Waals surface area contributed by atoms with Crippen LogP contribution in [0.2, 0.25) is 0 Å². The maximum atomic E-state index is 12.7. The summed E-state index contributed by atoms with van der Waals surface area (Å²) in [4.78, 5) is 24.0. The van der Waals surface area contributed by atoms with E-state index in [-0.39, 0.29) is 76.5 Å². The first-order chi connectivity index (χ1) is 11.6. The van der Waals surface area contributed by atoms with E-state index >= 15 is 0 Å². The summed E-state index contributed by atoms with van der Waals surface area (Å²) in [6.45, 7) is 3.34. The summed E-state index contributed by atoms with van der Waals surface area (Å²) in [5, 5.41) is 6.82. The monoisotopic (exact) mass is 363 g/mol. The van der Waals surface area contributed by atoms with Crippen molar-refractivity contribution in [1.29, 1.82) is 0 Å². The number of anilines is 2. The predicted octanol–water partition coefficient (Wildman–Crippen LogP) is -2.76. The first-order valence-electron chi connectivity index (χ1n) is 7.41. The molecule has 0 saturated carbocycles. The number of allylic oxidation sites excluding steroid dienone is 1. The van der Waals surface area contributed by atoms with Gasteiger partial charge in [0.25, 0.3) is 0 Å². The summed E-state index contributed by atoms with van der Waals surface area (Å²) in [5.41, 5.74) is 6.35. The van der Waals surface area contributed by atoms with Gasteiger partial charge in [0.1, 0.15) is 0 Å². The SMILES string of the molecule is CC(=O)Nc1c[c-]cc2c1C(=O)C(=NNc1ccccc1C)[C-]=C2.[Na+].[Na+]. The van der Waals surface area contributed by atoms with Crippen molar-refractivity contribution < 1.29 is 68.7 Å². The van der Waals surface area contributed by atoms with Gasteiger partial charge in [0.2, 0.25) is 5.91 Å². The minimum absolute atomic E-state index is 0. The molecule has 1 amide bonds. The van der Waals surface area contributed by atoms with Gasteiger partial charge in [-0.2, -0.15) is 35.5 Å². The summed E-state index contributed by atoms with van der Waals surface area (Å²) in [6, 6.07) is 13.8. The molecule has 7 heteroatoms. The molecular formula is C19H15N3Na2O2. The Morgan fingerprint density at radius 3 is 2.54 bits per heavy atom. The molecule has 0 heterocycles. The molecule has 2 aromatic carbocycles. The number of nitrogens with one attached hydrogen (secondary N) is 2. The van der Waals surface area contributed by atoms with Crippen LogP contribution in [-0.2, 0) is 4.79 Å². The van der Waals surface area contributed by atoms with Crippen molar-refractivity contribution in [3.63, 3.8) is 0 Å². The molecule has 0 aromatic heterocycles. The Morgan fingerprint density at radius 1 is 1.12 bits per heavy atom. The van der Waals surface area contributed by atoms with E-state index in [1.165, 1.54) is 6.92 Å². The molecule has 1 aliphatic carbocycles. The van der Waals surface area contributed by atoms with Crippen LogP contribution in [0.4, 0.5) is 11.4 Å². The first-order valence-corrected chi connectivity index (χ1v) is 7.41. The maximum Gasteiger partial charge on any atom is 1.00 e. The van der Waals surface area contributed by atoms with Gasteiger partial charge >= 0.3 is 59.1 Å². The third-order valence-corrected chi connectivity index (χ3v) is 3.57. The fourth-order valence-electron chi connectivity index (χ4n) is 2.40. The van der Waals surface area contributed by atoms with Gasteiger partial charge in [-0.3, -0.25) is 10.2 Å². The van der Waals surface area contributed by atoms with Crippen LogP contribution in [0.25, 0.3) is 6.08 Å². The Morgan fingerprint density at radius 2 is 1.85 bits per heavy atom. The molecule has 0 fully saturated rings. The number of hydrogen-bond donors (Lipinski definition) is 2. The Kier molecular flexibility index (Phi) is 8.96. The zero-order valence-corrected chi connectivity index (χ0v) is 19.3. The summed E-state index contributed by atoms with van der Waals surface area (Å²) in [5.74, 6) is -0.550. The topological polar surface area (TPSA) is 70.6 Å². The number of fused-ring (bicyclic) bond motifs is 1. The van der Waals surface area contributed by atoms with Crippen LogP contribution in [0, 0.1) is 19.1 Å². The van der Waals surface area contributed by atoms with Gasteiger partial charge in [-0.05, 0) is 18.6 Å².